The van der Waals surface area contributed by atoms with Crippen molar-refractivity contribution in [2.24, 2.45) is 10.9 Å². The van der Waals surface area contributed by atoms with Crippen molar-refractivity contribution in [2.75, 3.05) is 19.8 Å². The molecule has 0 aliphatic carbocycles. The molecule has 1 saturated heterocycles. The number of hydrogen-bond donors (Lipinski definition) is 4. The lowest BCUT2D eigenvalue weighted by molar-refractivity contribution is 0.0268. The number of hydrogen-bond acceptors (Lipinski definition) is 5. The molecule has 1 heterocycles. The molecule has 0 spiro atoms. The summed E-state index contributed by atoms with van der Waals surface area (Å²) in [4.78, 5) is 0. The molecular formula is C14H21N3O3. The number of benzene rings is 1. The minimum absolute atomic E-state index is 0.102. The maximum Gasteiger partial charge on any atom is 0.170 e. The summed E-state index contributed by atoms with van der Waals surface area (Å²) in [6.07, 6.45) is 0.668. The minimum Gasteiger partial charge on any atom is -0.409 e. The Balaban J connectivity index is 1.93. The molecule has 110 valence electrons. The molecule has 0 saturated carbocycles. The van der Waals surface area contributed by atoms with Crippen LogP contribution in [0.15, 0.2) is 23.4 Å². The van der Waals surface area contributed by atoms with E-state index in [1.54, 1.807) is 0 Å². The summed E-state index contributed by atoms with van der Waals surface area (Å²) in [5.74, 6) is 0.102. The van der Waals surface area contributed by atoms with E-state index in [0.29, 0.717) is 38.3 Å². The van der Waals surface area contributed by atoms with Gasteiger partial charge < -0.3 is 26.1 Å². The summed E-state index contributed by atoms with van der Waals surface area (Å²) >= 11 is 0. The predicted octanol–water partition coefficient (Wildman–Crippen LogP) is 0.331. The van der Waals surface area contributed by atoms with Crippen molar-refractivity contribution in [3.8, 4) is 0 Å². The zero-order chi connectivity index (χ0) is 14.6. The number of ether oxygens (including phenoxy) is 1. The Morgan fingerprint density at radius 1 is 1.55 bits per heavy atom. The third-order valence-electron chi connectivity index (χ3n) is 3.60. The average Bonchev–Trinajstić information content (AvgIpc) is 2.86. The van der Waals surface area contributed by atoms with Gasteiger partial charge in [0.1, 0.15) is 5.60 Å². The second-order valence-corrected chi connectivity index (χ2v) is 5.26. The lowest BCUT2D eigenvalue weighted by Crippen LogP contribution is -2.40. The Morgan fingerprint density at radius 3 is 2.95 bits per heavy atom. The van der Waals surface area contributed by atoms with Crippen molar-refractivity contribution in [3.05, 3.63) is 34.9 Å². The van der Waals surface area contributed by atoms with Crippen LogP contribution in [-0.2, 0) is 11.3 Å². The zero-order valence-corrected chi connectivity index (χ0v) is 11.6. The Bertz CT molecular complexity index is 496. The zero-order valence-electron chi connectivity index (χ0n) is 11.6. The van der Waals surface area contributed by atoms with E-state index in [9.17, 15) is 5.11 Å². The van der Waals surface area contributed by atoms with Gasteiger partial charge in [0.15, 0.2) is 5.84 Å². The van der Waals surface area contributed by atoms with Gasteiger partial charge in [-0.1, -0.05) is 17.3 Å². The monoisotopic (exact) mass is 279 g/mol. The Morgan fingerprint density at radius 2 is 2.35 bits per heavy atom. The fraction of sp³-hybridized carbons (Fsp3) is 0.500. The van der Waals surface area contributed by atoms with Crippen molar-refractivity contribution >= 4 is 5.84 Å². The molecule has 1 aromatic rings. The molecule has 1 aliphatic rings. The van der Waals surface area contributed by atoms with E-state index in [4.69, 9.17) is 15.7 Å². The Labute approximate surface area is 118 Å². The summed E-state index contributed by atoms with van der Waals surface area (Å²) in [5.41, 5.74) is 7.66. The predicted molar refractivity (Wildman–Crippen MR) is 75.8 cm³/mol. The van der Waals surface area contributed by atoms with E-state index in [-0.39, 0.29) is 5.84 Å². The summed E-state index contributed by atoms with van der Waals surface area (Å²) in [5, 5.41) is 25.0. The summed E-state index contributed by atoms with van der Waals surface area (Å²) in [6.45, 7) is 4.14. The van der Waals surface area contributed by atoms with Gasteiger partial charge in [-0.3, -0.25) is 0 Å². The molecule has 1 aromatic carbocycles. The second-order valence-electron chi connectivity index (χ2n) is 5.26. The van der Waals surface area contributed by atoms with Gasteiger partial charge in [-0.05, 0) is 24.1 Å². The molecule has 0 aromatic heterocycles. The highest BCUT2D eigenvalue weighted by atomic mass is 16.5. The van der Waals surface area contributed by atoms with Crippen LogP contribution in [0.3, 0.4) is 0 Å². The summed E-state index contributed by atoms with van der Waals surface area (Å²) < 4.78 is 5.20. The lowest BCUT2D eigenvalue weighted by atomic mass is 10.0. The van der Waals surface area contributed by atoms with Crippen molar-refractivity contribution in [2.45, 2.75) is 25.5 Å². The van der Waals surface area contributed by atoms with Gasteiger partial charge in [0.05, 0.1) is 6.61 Å². The fourth-order valence-electron chi connectivity index (χ4n) is 2.28. The highest BCUT2D eigenvalue weighted by molar-refractivity contribution is 5.97. The first-order chi connectivity index (χ1) is 9.54. The molecule has 1 fully saturated rings. The molecule has 1 aliphatic heterocycles. The van der Waals surface area contributed by atoms with Crippen LogP contribution in [0.4, 0.5) is 0 Å². The molecule has 6 nitrogen and oxygen atoms in total. The van der Waals surface area contributed by atoms with E-state index >= 15 is 0 Å². The summed E-state index contributed by atoms with van der Waals surface area (Å²) in [6, 6.07) is 5.62. The Hall–Kier alpha value is -1.63. The topological polar surface area (TPSA) is 100 Å². The van der Waals surface area contributed by atoms with Gasteiger partial charge in [0.2, 0.25) is 0 Å². The molecule has 1 unspecified atom stereocenters. The van der Waals surface area contributed by atoms with Crippen LogP contribution in [-0.4, -0.2) is 41.5 Å². The van der Waals surface area contributed by atoms with E-state index in [1.807, 2.05) is 25.1 Å². The van der Waals surface area contributed by atoms with Crippen molar-refractivity contribution in [1.82, 2.24) is 5.32 Å². The lowest BCUT2D eigenvalue weighted by Gasteiger charge is -2.21. The van der Waals surface area contributed by atoms with Gasteiger partial charge in [-0.25, -0.2) is 0 Å². The molecular weight excluding hydrogens is 258 g/mol. The summed E-state index contributed by atoms with van der Waals surface area (Å²) in [7, 11) is 0. The van der Waals surface area contributed by atoms with E-state index in [2.05, 4.69) is 10.5 Å². The number of nitrogens with two attached hydrogens (primary N) is 1. The van der Waals surface area contributed by atoms with Crippen molar-refractivity contribution < 1.29 is 15.1 Å². The number of aliphatic hydroxyl groups is 1. The van der Waals surface area contributed by atoms with E-state index in [1.165, 1.54) is 0 Å². The van der Waals surface area contributed by atoms with Gasteiger partial charge in [-0.15, -0.1) is 0 Å². The van der Waals surface area contributed by atoms with Crippen LogP contribution < -0.4 is 11.1 Å². The van der Waals surface area contributed by atoms with E-state index in [0.717, 1.165) is 11.1 Å². The highest BCUT2D eigenvalue weighted by Crippen LogP contribution is 2.17. The number of nitrogens with zero attached hydrogens (tertiary/aromatic N) is 1. The first-order valence-electron chi connectivity index (χ1n) is 6.62. The molecule has 1 atom stereocenters. The minimum atomic E-state index is -0.748. The van der Waals surface area contributed by atoms with Crippen LogP contribution >= 0.6 is 0 Å². The fourth-order valence-corrected chi connectivity index (χ4v) is 2.28. The Kier molecular flexibility index (Phi) is 4.59. The van der Waals surface area contributed by atoms with Gasteiger partial charge in [-0.2, -0.15) is 0 Å². The SMILES string of the molecule is Cc1cc(/C(N)=N/O)ccc1CNCC1(O)CCOC1. The quantitative estimate of drug-likeness (QED) is 0.269. The maximum atomic E-state index is 10.1. The standard InChI is InChI=1S/C14H21N3O3/c1-10-6-11(13(15)17-19)2-3-12(10)7-16-8-14(18)4-5-20-9-14/h2-3,6,16,18-19H,4-5,7-9H2,1H3,(H2,15,17). The molecule has 5 N–H and O–H groups in total. The second kappa shape index (κ2) is 6.21. The van der Waals surface area contributed by atoms with Crippen LogP contribution in [0, 0.1) is 6.92 Å². The van der Waals surface area contributed by atoms with E-state index < -0.39 is 5.60 Å². The van der Waals surface area contributed by atoms with Crippen molar-refractivity contribution in [1.29, 1.82) is 0 Å². The van der Waals surface area contributed by atoms with Gasteiger partial charge in [0.25, 0.3) is 0 Å². The molecule has 6 heteroatoms. The molecule has 20 heavy (non-hydrogen) atoms. The number of oxime groups is 1. The molecule has 0 radical (unpaired) electrons. The van der Waals surface area contributed by atoms with Crippen LogP contribution in [0.5, 0.6) is 0 Å². The number of nitrogens with one attached hydrogen (secondary N) is 1. The third kappa shape index (κ3) is 3.47. The normalized spacial score (nSPS) is 23.2. The average molecular weight is 279 g/mol. The molecule has 0 bridgehead atoms. The maximum absolute atomic E-state index is 10.1. The molecule has 2 rings (SSSR count). The van der Waals surface area contributed by atoms with Crippen LogP contribution in [0.25, 0.3) is 0 Å². The first-order valence-corrected chi connectivity index (χ1v) is 6.62. The van der Waals surface area contributed by atoms with Crippen LogP contribution in [0.2, 0.25) is 0 Å². The smallest absolute Gasteiger partial charge is 0.170 e. The first kappa shape index (κ1) is 14.8. The number of rotatable bonds is 5. The number of amidine groups is 1. The largest absolute Gasteiger partial charge is 0.409 e. The highest BCUT2D eigenvalue weighted by Gasteiger charge is 2.31. The molecule has 0 amide bonds. The van der Waals surface area contributed by atoms with Crippen LogP contribution in [0.1, 0.15) is 23.1 Å². The number of aryl methyl sites for hydroxylation is 1. The van der Waals surface area contributed by atoms with Gasteiger partial charge in [0, 0.05) is 31.7 Å². The van der Waals surface area contributed by atoms with Crippen molar-refractivity contribution in [3.63, 3.8) is 0 Å². The third-order valence-corrected chi connectivity index (χ3v) is 3.60. The van der Waals surface area contributed by atoms with Gasteiger partial charge >= 0.3 is 0 Å².